The fraction of sp³-hybridized carbons (Fsp3) is 0.238. The van der Waals surface area contributed by atoms with E-state index in [2.05, 4.69) is 20.6 Å². The van der Waals surface area contributed by atoms with Crippen LogP contribution in [-0.4, -0.2) is 21.8 Å². The highest BCUT2D eigenvalue weighted by Crippen LogP contribution is 2.38. The Morgan fingerprint density at radius 1 is 1.18 bits per heavy atom. The summed E-state index contributed by atoms with van der Waals surface area (Å²) >= 11 is 1.45. The summed E-state index contributed by atoms with van der Waals surface area (Å²) in [7, 11) is 0. The van der Waals surface area contributed by atoms with Crippen molar-refractivity contribution in [1.29, 1.82) is 0 Å². The summed E-state index contributed by atoms with van der Waals surface area (Å²) < 4.78 is 0. The number of hydrogen-bond acceptors (Lipinski definition) is 5. The third kappa shape index (κ3) is 3.94. The number of aryl methyl sites for hydroxylation is 2. The lowest BCUT2D eigenvalue weighted by Crippen LogP contribution is -2.28. The fourth-order valence-electron chi connectivity index (χ4n) is 3.21. The van der Waals surface area contributed by atoms with E-state index in [-0.39, 0.29) is 17.7 Å². The molecule has 0 aliphatic heterocycles. The lowest BCUT2D eigenvalue weighted by Gasteiger charge is -2.10. The van der Waals surface area contributed by atoms with Gasteiger partial charge in [0.2, 0.25) is 5.91 Å². The zero-order valence-electron chi connectivity index (χ0n) is 15.4. The van der Waals surface area contributed by atoms with Crippen LogP contribution in [0.3, 0.4) is 0 Å². The molecule has 1 unspecified atom stereocenters. The van der Waals surface area contributed by atoms with E-state index < -0.39 is 0 Å². The molecule has 7 heteroatoms. The van der Waals surface area contributed by atoms with Crippen molar-refractivity contribution in [2.24, 2.45) is 0 Å². The number of carbonyl (C=O) groups excluding carboxylic acids is 2. The van der Waals surface area contributed by atoms with Crippen molar-refractivity contribution in [3.8, 4) is 0 Å². The molecular formula is C21H20N4O2S. The number of fused-ring (bicyclic) bond motifs is 1. The molecule has 2 amide bonds. The van der Waals surface area contributed by atoms with Crippen molar-refractivity contribution in [3.63, 3.8) is 0 Å². The van der Waals surface area contributed by atoms with Crippen molar-refractivity contribution in [3.05, 3.63) is 76.1 Å². The van der Waals surface area contributed by atoms with Crippen LogP contribution in [0.1, 0.15) is 44.5 Å². The van der Waals surface area contributed by atoms with Gasteiger partial charge in [-0.15, -0.1) is 11.3 Å². The monoisotopic (exact) mass is 392 g/mol. The molecule has 2 aromatic heterocycles. The van der Waals surface area contributed by atoms with Crippen LogP contribution in [0, 0.1) is 6.92 Å². The number of anilines is 1. The van der Waals surface area contributed by atoms with E-state index in [1.807, 2.05) is 37.3 Å². The Labute approximate surface area is 167 Å². The van der Waals surface area contributed by atoms with Crippen LogP contribution in [0.5, 0.6) is 0 Å². The van der Waals surface area contributed by atoms with Gasteiger partial charge < -0.3 is 5.32 Å². The Hall–Kier alpha value is -3.06. The maximum atomic E-state index is 12.6. The van der Waals surface area contributed by atoms with E-state index in [1.54, 1.807) is 18.3 Å². The van der Waals surface area contributed by atoms with E-state index in [1.165, 1.54) is 11.3 Å². The first-order valence-corrected chi connectivity index (χ1v) is 9.97. The first kappa shape index (κ1) is 18.3. The maximum absolute atomic E-state index is 12.6. The van der Waals surface area contributed by atoms with Gasteiger partial charge in [0.15, 0.2) is 5.13 Å². The molecule has 0 bridgehead atoms. The average molecular weight is 392 g/mol. The first-order chi connectivity index (χ1) is 13.6. The molecule has 1 aromatic carbocycles. The molecule has 1 aliphatic carbocycles. The van der Waals surface area contributed by atoms with Crippen LogP contribution in [0.25, 0.3) is 0 Å². The van der Waals surface area contributed by atoms with E-state index >= 15 is 0 Å². The first-order valence-electron chi connectivity index (χ1n) is 9.15. The largest absolute Gasteiger partial charge is 0.350 e. The summed E-state index contributed by atoms with van der Waals surface area (Å²) in [6, 6.07) is 13.0. The quantitative estimate of drug-likeness (QED) is 0.697. The molecular weight excluding hydrogens is 372 g/mol. The third-order valence-corrected chi connectivity index (χ3v) is 5.78. The third-order valence-electron chi connectivity index (χ3n) is 4.74. The number of benzene rings is 1. The Kier molecular flexibility index (Phi) is 5.16. The van der Waals surface area contributed by atoms with Crippen molar-refractivity contribution in [2.75, 3.05) is 5.32 Å². The molecule has 4 rings (SSSR count). The molecule has 3 aromatic rings. The van der Waals surface area contributed by atoms with Gasteiger partial charge in [0.05, 0.1) is 23.9 Å². The van der Waals surface area contributed by atoms with Crippen molar-refractivity contribution in [2.45, 2.75) is 32.2 Å². The maximum Gasteiger partial charge on any atom is 0.257 e. The lowest BCUT2D eigenvalue weighted by molar-refractivity contribution is -0.122. The van der Waals surface area contributed by atoms with E-state index in [9.17, 15) is 9.59 Å². The van der Waals surface area contributed by atoms with E-state index in [0.717, 1.165) is 34.7 Å². The summed E-state index contributed by atoms with van der Waals surface area (Å²) in [5, 5.41) is 6.33. The van der Waals surface area contributed by atoms with E-state index in [4.69, 9.17) is 0 Å². The molecule has 1 aliphatic rings. The van der Waals surface area contributed by atoms with Gasteiger partial charge in [-0.1, -0.05) is 23.8 Å². The molecule has 2 heterocycles. The normalized spacial score (nSPS) is 15.1. The van der Waals surface area contributed by atoms with Crippen LogP contribution in [-0.2, 0) is 17.8 Å². The minimum absolute atomic E-state index is 0.0499. The highest BCUT2D eigenvalue weighted by Gasteiger charge is 2.32. The van der Waals surface area contributed by atoms with Gasteiger partial charge in [0, 0.05) is 16.6 Å². The molecule has 6 nitrogen and oxygen atoms in total. The molecule has 142 valence electrons. The van der Waals surface area contributed by atoms with Crippen LogP contribution < -0.4 is 10.6 Å². The van der Waals surface area contributed by atoms with Gasteiger partial charge in [-0.25, -0.2) is 4.98 Å². The number of aromatic nitrogens is 2. The Morgan fingerprint density at radius 3 is 2.75 bits per heavy atom. The topological polar surface area (TPSA) is 84.0 Å². The second-order valence-electron chi connectivity index (χ2n) is 6.78. The molecule has 0 saturated heterocycles. The number of hydrogen-bond donors (Lipinski definition) is 2. The summed E-state index contributed by atoms with van der Waals surface area (Å²) in [6.07, 6.45) is 3.25. The van der Waals surface area contributed by atoms with Crippen LogP contribution >= 0.6 is 11.3 Å². The zero-order chi connectivity index (χ0) is 19.5. The molecule has 0 radical (unpaired) electrons. The summed E-state index contributed by atoms with van der Waals surface area (Å²) in [6.45, 7) is 2.37. The number of carbonyl (C=O) groups is 2. The SMILES string of the molecule is Cc1ccc(C(=O)Nc2nc3c(s2)CCC3C(=O)NCc2ccccn2)cc1. The van der Waals surface area contributed by atoms with Crippen LogP contribution in [0.15, 0.2) is 48.7 Å². The number of pyridine rings is 1. The van der Waals surface area contributed by atoms with Crippen molar-refractivity contribution < 1.29 is 9.59 Å². The number of amides is 2. The highest BCUT2D eigenvalue weighted by atomic mass is 32.1. The number of thiazole rings is 1. The molecule has 2 N–H and O–H groups in total. The number of nitrogens with zero attached hydrogens (tertiary/aromatic N) is 2. The lowest BCUT2D eigenvalue weighted by atomic mass is 10.1. The Bertz CT molecular complexity index is 999. The van der Waals surface area contributed by atoms with Gasteiger partial charge >= 0.3 is 0 Å². The van der Waals surface area contributed by atoms with Gasteiger partial charge in [-0.2, -0.15) is 0 Å². The molecule has 28 heavy (non-hydrogen) atoms. The minimum Gasteiger partial charge on any atom is -0.350 e. The predicted molar refractivity (Wildman–Crippen MR) is 108 cm³/mol. The van der Waals surface area contributed by atoms with Crippen molar-refractivity contribution >= 4 is 28.3 Å². The van der Waals surface area contributed by atoms with Crippen LogP contribution in [0.2, 0.25) is 0 Å². The second-order valence-corrected chi connectivity index (χ2v) is 7.86. The Balaban J connectivity index is 1.41. The molecule has 0 fully saturated rings. The molecule has 0 spiro atoms. The van der Waals surface area contributed by atoms with E-state index in [0.29, 0.717) is 17.2 Å². The summed E-state index contributed by atoms with van der Waals surface area (Å²) in [4.78, 5) is 34.8. The standard InChI is InChI=1S/C21H20N4O2S/c1-13-5-7-14(8-6-13)19(26)25-21-24-18-16(9-10-17(18)28-21)20(27)23-12-15-4-2-3-11-22-15/h2-8,11,16H,9-10,12H2,1H3,(H,23,27)(H,24,25,26). The Morgan fingerprint density at radius 2 is 2.00 bits per heavy atom. The zero-order valence-corrected chi connectivity index (χ0v) is 16.3. The number of rotatable bonds is 5. The van der Waals surface area contributed by atoms with Gasteiger partial charge in [0.1, 0.15) is 0 Å². The van der Waals surface area contributed by atoms with Crippen LogP contribution in [0.4, 0.5) is 5.13 Å². The number of nitrogens with one attached hydrogen (secondary N) is 2. The van der Waals surface area contributed by atoms with Crippen molar-refractivity contribution in [1.82, 2.24) is 15.3 Å². The second kappa shape index (κ2) is 7.90. The average Bonchev–Trinajstić information content (AvgIpc) is 3.27. The molecule has 1 atom stereocenters. The highest BCUT2D eigenvalue weighted by molar-refractivity contribution is 7.16. The van der Waals surface area contributed by atoms with Gasteiger partial charge in [0.25, 0.3) is 5.91 Å². The minimum atomic E-state index is -0.278. The van der Waals surface area contributed by atoms with Gasteiger partial charge in [-0.3, -0.25) is 19.9 Å². The fourth-order valence-corrected chi connectivity index (χ4v) is 4.25. The summed E-state index contributed by atoms with van der Waals surface area (Å²) in [5.41, 5.74) is 3.29. The smallest absolute Gasteiger partial charge is 0.257 e. The summed E-state index contributed by atoms with van der Waals surface area (Å²) in [5.74, 6) is -0.519. The molecule has 0 saturated carbocycles. The predicted octanol–water partition coefficient (Wildman–Crippen LogP) is 3.45. The van der Waals surface area contributed by atoms with Gasteiger partial charge in [-0.05, 0) is 44.0 Å².